The van der Waals surface area contributed by atoms with Crippen molar-refractivity contribution in [2.24, 2.45) is 5.92 Å². The van der Waals surface area contributed by atoms with E-state index in [0.29, 0.717) is 31.9 Å². The number of carbonyl (C=O) groups excluding carboxylic acids is 1. The molecule has 7 nitrogen and oxygen atoms in total. The first-order chi connectivity index (χ1) is 16.1. The van der Waals surface area contributed by atoms with Crippen LogP contribution >= 0.6 is 0 Å². The zero-order chi connectivity index (χ0) is 23.2. The molecular formula is C25H29FN4O3. The average molecular weight is 453 g/mol. The number of H-pyrrole nitrogens is 1. The number of hydrogen-bond acceptors (Lipinski definition) is 5. The van der Waals surface area contributed by atoms with Crippen LogP contribution in [0.1, 0.15) is 23.6 Å². The van der Waals surface area contributed by atoms with E-state index in [1.807, 2.05) is 30.3 Å². The molecule has 0 saturated heterocycles. The van der Waals surface area contributed by atoms with Crippen molar-refractivity contribution in [2.45, 2.75) is 31.0 Å². The molecule has 1 saturated carbocycles. The summed E-state index contributed by atoms with van der Waals surface area (Å²) in [6, 6.07) is 15.9. The van der Waals surface area contributed by atoms with E-state index >= 15 is 0 Å². The molecule has 4 rings (SSSR count). The first-order valence-corrected chi connectivity index (χ1v) is 11.1. The van der Waals surface area contributed by atoms with Crippen molar-refractivity contribution in [1.82, 2.24) is 20.6 Å². The van der Waals surface area contributed by atoms with E-state index < -0.39 is 12.0 Å². The highest BCUT2D eigenvalue weighted by Gasteiger charge is 2.47. The van der Waals surface area contributed by atoms with Crippen LogP contribution in [0, 0.1) is 11.7 Å². The minimum Gasteiger partial charge on any atom is -0.392 e. The zero-order valence-electron chi connectivity index (χ0n) is 18.5. The third-order valence-corrected chi connectivity index (χ3v) is 6.15. The maximum Gasteiger partial charge on any atom is 0.225 e. The molecule has 4 N–H and O–H groups in total. The van der Waals surface area contributed by atoms with Gasteiger partial charge in [-0.1, -0.05) is 42.5 Å². The zero-order valence-corrected chi connectivity index (χ0v) is 18.5. The molecule has 1 fully saturated rings. The quantitative estimate of drug-likeness (QED) is 0.374. The van der Waals surface area contributed by atoms with Gasteiger partial charge in [0.1, 0.15) is 11.6 Å². The van der Waals surface area contributed by atoms with Crippen LogP contribution in [0.25, 0.3) is 11.4 Å². The number of rotatable bonds is 9. The fraction of sp³-hybridized carbons (Fsp3) is 0.360. The predicted octanol–water partition coefficient (Wildman–Crippen LogP) is 2.60. The molecule has 174 valence electrons. The molecule has 33 heavy (non-hydrogen) atoms. The van der Waals surface area contributed by atoms with Crippen LogP contribution in [0.5, 0.6) is 0 Å². The summed E-state index contributed by atoms with van der Waals surface area (Å²) in [4.78, 5) is 20.6. The van der Waals surface area contributed by atoms with Gasteiger partial charge in [-0.15, -0.1) is 0 Å². The lowest BCUT2D eigenvalue weighted by Crippen LogP contribution is -2.37. The van der Waals surface area contributed by atoms with E-state index in [2.05, 4.69) is 20.6 Å². The molecule has 1 aliphatic carbocycles. The number of amides is 1. The smallest absolute Gasteiger partial charge is 0.225 e. The number of methoxy groups -OCH3 is 1. The first kappa shape index (κ1) is 23.1. The summed E-state index contributed by atoms with van der Waals surface area (Å²) in [7, 11) is 1.57. The number of nitrogens with one attached hydrogen (secondary N) is 3. The Bertz CT molecular complexity index is 1040. The van der Waals surface area contributed by atoms with Gasteiger partial charge in [0.25, 0.3) is 0 Å². The second-order valence-electron chi connectivity index (χ2n) is 8.31. The van der Waals surface area contributed by atoms with Gasteiger partial charge in [0.05, 0.1) is 18.6 Å². The Labute approximate surface area is 192 Å². The summed E-state index contributed by atoms with van der Waals surface area (Å²) >= 11 is 0. The highest BCUT2D eigenvalue weighted by atomic mass is 19.1. The molecule has 4 atom stereocenters. The van der Waals surface area contributed by atoms with Gasteiger partial charge in [0.2, 0.25) is 5.91 Å². The van der Waals surface area contributed by atoms with Crippen molar-refractivity contribution < 1.29 is 19.0 Å². The number of benzene rings is 2. The topological polar surface area (TPSA) is 99.3 Å². The molecule has 0 radical (unpaired) electrons. The maximum atomic E-state index is 13.3. The van der Waals surface area contributed by atoms with Crippen molar-refractivity contribution in [2.75, 3.05) is 20.3 Å². The summed E-state index contributed by atoms with van der Waals surface area (Å²) in [6.45, 7) is 1.29. The van der Waals surface area contributed by atoms with Gasteiger partial charge in [0.15, 0.2) is 0 Å². The van der Waals surface area contributed by atoms with Gasteiger partial charge in [-0.05, 0) is 24.1 Å². The van der Waals surface area contributed by atoms with Gasteiger partial charge in [-0.3, -0.25) is 4.79 Å². The highest BCUT2D eigenvalue weighted by molar-refractivity contribution is 5.80. The van der Waals surface area contributed by atoms with Gasteiger partial charge in [0, 0.05) is 49.6 Å². The minimum absolute atomic E-state index is 0.174. The van der Waals surface area contributed by atoms with Crippen molar-refractivity contribution in [1.29, 1.82) is 0 Å². The summed E-state index contributed by atoms with van der Waals surface area (Å²) in [5.41, 5.74) is 2.64. The summed E-state index contributed by atoms with van der Waals surface area (Å²) < 4.78 is 18.3. The van der Waals surface area contributed by atoms with Gasteiger partial charge < -0.3 is 25.5 Å². The summed E-state index contributed by atoms with van der Waals surface area (Å²) in [5, 5.41) is 17.5. The lowest BCUT2D eigenvalue weighted by atomic mass is 9.96. The fourth-order valence-corrected chi connectivity index (χ4v) is 4.43. The Morgan fingerprint density at radius 1 is 1.21 bits per heavy atom. The largest absolute Gasteiger partial charge is 0.392 e. The van der Waals surface area contributed by atoms with Gasteiger partial charge in [-0.2, -0.15) is 0 Å². The van der Waals surface area contributed by atoms with Crippen LogP contribution < -0.4 is 10.6 Å². The molecule has 3 aromatic rings. The second-order valence-corrected chi connectivity index (χ2v) is 8.31. The number of carbonyl (C=O) groups is 1. The molecule has 0 unspecified atom stereocenters. The minimum atomic E-state index is -0.887. The van der Waals surface area contributed by atoms with Crippen molar-refractivity contribution in [3.8, 4) is 11.4 Å². The molecule has 8 heteroatoms. The Hall–Kier alpha value is -3.07. The number of imidazole rings is 1. The molecule has 1 aromatic heterocycles. The van der Waals surface area contributed by atoms with Gasteiger partial charge >= 0.3 is 0 Å². The molecular weight excluding hydrogens is 423 g/mol. The Balaban J connectivity index is 1.54. The number of aromatic amines is 1. The average Bonchev–Trinajstić information content (AvgIpc) is 3.44. The number of aliphatic hydroxyl groups excluding tert-OH is 1. The Morgan fingerprint density at radius 2 is 1.97 bits per heavy atom. The number of aliphatic hydroxyl groups is 1. The van der Waals surface area contributed by atoms with Gasteiger partial charge in [-0.25, -0.2) is 9.37 Å². The maximum absolute atomic E-state index is 13.3. The number of halogens is 1. The monoisotopic (exact) mass is 452 g/mol. The van der Waals surface area contributed by atoms with Crippen LogP contribution in [-0.2, 0) is 16.1 Å². The SMILES string of the molecule is COCCNC(=O)[C@H]1C[C@@H](NCc2ccc(F)cc2)[C@H](c2cnc(-c3ccccc3)[nH]2)[C@@H]1O. The van der Waals surface area contributed by atoms with Crippen molar-refractivity contribution >= 4 is 5.91 Å². The Morgan fingerprint density at radius 3 is 2.70 bits per heavy atom. The third-order valence-electron chi connectivity index (χ3n) is 6.15. The number of ether oxygens (including phenoxy) is 1. The summed E-state index contributed by atoms with van der Waals surface area (Å²) in [5.74, 6) is -0.692. The van der Waals surface area contributed by atoms with E-state index in [-0.39, 0.29) is 23.7 Å². The van der Waals surface area contributed by atoms with Crippen LogP contribution in [0.4, 0.5) is 4.39 Å². The number of hydrogen-bond donors (Lipinski definition) is 4. The molecule has 2 aromatic carbocycles. The lowest BCUT2D eigenvalue weighted by Gasteiger charge is -2.22. The molecule has 0 aliphatic heterocycles. The molecule has 1 aliphatic rings. The number of aromatic nitrogens is 2. The van der Waals surface area contributed by atoms with Crippen molar-refractivity contribution in [3.05, 3.63) is 77.9 Å². The Kier molecular flexibility index (Phi) is 7.49. The lowest BCUT2D eigenvalue weighted by molar-refractivity contribution is -0.127. The van der Waals surface area contributed by atoms with Crippen LogP contribution in [0.15, 0.2) is 60.8 Å². The van der Waals surface area contributed by atoms with Crippen LogP contribution in [-0.4, -0.2) is 53.4 Å². The predicted molar refractivity (Wildman–Crippen MR) is 123 cm³/mol. The van der Waals surface area contributed by atoms with E-state index in [4.69, 9.17) is 4.74 Å². The fourth-order valence-electron chi connectivity index (χ4n) is 4.43. The van der Waals surface area contributed by atoms with E-state index in [0.717, 1.165) is 16.8 Å². The van der Waals surface area contributed by atoms with E-state index in [9.17, 15) is 14.3 Å². The normalized spacial score (nSPS) is 22.4. The standard InChI is InChI=1S/C25H29FN4O3/c1-33-12-11-27-25(32)19-13-20(28-14-16-7-9-18(26)10-8-16)22(23(19)31)21-15-29-24(30-21)17-5-3-2-4-6-17/h2-10,15,19-20,22-23,28,31H,11-14H2,1H3,(H,27,32)(H,29,30)/t19-,20+,22+,23+/m0/s1. The molecule has 0 spiro atoms. The molecule has 1 heterocycles. The van der Waals surface area contributed by atoms with E-state index in [1.165, 1.54) is 12.1 Å². The molecule has 0 bridgehead atoms. The van der Waals surface area contributed by atoms with Crippen LogP contribution in [0.2, 0.25) is 0 Å². The summed E-state index contributed by atoms with van der Waals surface area (Å²) in [6.07, 6.45) is 1.31. The highest BCUT2D eigenvalue weighted by Crippen LogP contribution is 2.39. The number of nitrogens with zero attached hydrogens (tertiary/aromatic N) is 1. The first-order valence-electron chi connectivity index (χ1n) is 11.1. The van der Waals surface area contributed by atoms with Crippen molar-refractivity contribution in [3.63, 3.8) is 0 Å². The second kappa shape index (κ2) is 10.7. The van der Waals surface area contributed by atoms with Crippen LogP contribution in [0.3, 0.4) is 0 Å². The van der Waals surface area contributed by atoms with E-state index in [1.54, 1.807) is 25.4 Å². The molecule has 1 amide bonds. The third kappa shape index (κ3) is 5.47.